The third kappa shape index (κ3) is 3.36. The molecule has 1 N–H and O–H groups in total. The number of hydrogen-bond acceptors (Lipinski definition) is 5. The second kappa shape index (κ2) is 6.76. The van der Waals surface area contributed by atoms with Crippen LogP contribution in [0.1, 0.15) is 18.3 Å². The van der Waals surface area contributed by atoms with Gasteiger partial charge in [0.2, 0.25) is 5.91 Å². The number of benzene rings is 1. The predicted molar refractivity (Wildman–Crippen MR) is 94.1 cm³/mol. The second-order valence-electron chi connectivity index (χ2n) is 5.72. The molecule has 0 aliphatic carbocycles. The maximum Gasteiger partial charge on any atom is 0.237 e. The first-order valence-corrected chi connectivity index (χ1v) is 8.71. The van der Waals surface area contributed by atoms with Crippen LogP contribution in [0, 0.1) is 13.8 Å². The van der Waals surface area contributed by atoms with Crippen LogP contribution in [0.15, 0.2) is 23.1 Å². The van der Waals surface area contributed by atoms with Crippen molar-refractivity contribution in [2.45, 2.75) is 30.9 Å². The highest BCUT2D eigenvalue weighted by atomic mass is 32.2. The van der Waals surface area contributed by atoms with Crippen molar-refractivity contribution < 1.29 is 14.3 Å². The first-order valence-electron chi connectivity index (χ1n) is 7.83. The van der Waals surface area contributed by atoms with E-state index in [2.05, 4.69) is 10.4 Å². The summed E-state index contributed by atoms with van der Waals surface area (Å²) >= 11 is 1.49. The summed E-state index contributed by atoms with van der Waals surface area (Å²) in [6.07, 6.45) is 0. The van der Waals surface area contributed by atoms with Crippen LogP contribution in [0.4, 0.5) is 5.69 Å². The molecule has 1 aliphatic rings. The lowest BCUT2D eigenvalue weighted by Gasteiger charge is -2.19. The highest BCUT2D eigenvalue weighted by Crippen LogP contribution is 2.35. The molecular weight excluding hydrogens is 326 g/mol. The minimum Gasteiger partial charge on any atom is -0.486 e. The Bertz CT molecular complexity index is 773. The number of nitrogens with zero attached hydrogens (tertiary/aromatic N) is 2. The van der Waals surface area contributed by atoms with Crippen molar-refractivity contribution in [2.75, 3.05) is 18.5 Å². The molecule has 128 valence electrons. The number of ether oxygens (including phenoxy) is 2. The highest BCUT2D eigenvalue weighted by molar-refractivity contribution is 8.00. The SMILES string of the molecule is Cc1nn(C)c(C)c1NC(=O)[C@H](C)Sc1ccc2c(c1)OCCO2. The summed E-state index contributed by atoms with van der Waals surface area (Å²) in [5, 5.41) is 7.06. The molecule has 0 radical (unpaired) electrons. The van der Waals surface area contributed by atoms with Crippen LogP contribution in [0.2, 0.25) is 0 Å². The van der Waals surface area contributed by atoms with E-state index in [1.165, 1.54) is 11.8 Å². The van der Waals surface area contributed by atoms with Gasteiger partial charge in [-0.15, -0.1) is 11.8 Å². The fourth-order valence-electron chi connectivity index (χ4n) is 2.53. The van der Waals surface area contributed by atoms with Crippen LogP contribution in [0.5, 0.6) is 11.5 Å². The number of nitrogens with one attached hydrogen (secondary N) is 1. The van der Waals surface area contributed by atoms with Crippen LogP contribution in [-0.2, 0) is 11.8 Å². The number of anilines is 1. The zero-order valence-electron chi connectivity index (χ0n) is 14.3. The molecule has 7 heteroatoms. The van der Waals surface area contributed by atoms with E-state index in [4.69, 9.17) is 9.47 Å². The minimum atomic E-state index is -0.244. The number of carbonyl (C=O) groups is 1. The van der Waals surface area contributed by atoms with Crippen molar-refractivity contribution in [1.82, 2.24) is 9.78 Å². The Balaban J connectivity index is 1.68. The molecule has 6 nitrogen and oxygen atoms in total. The lowest BCUT2D eigenvalue weighted by Crippen LogP contribution is -2.23. The van der Waals surface area contributed by atoms with Crippen molar-refractivity contribution >= 4 is 23.4 Å². The number of carbonyl (C=O) groups excluding carboxylic acids is 1. The Morgan fingerprint density at radius 1 is 1.29 bits per heavy atom. The minimum absolute atomic E-state index is 0.0471. The van der Waals surface area contributed by atoms with E-state index in [1.54, 1.807) is 4.68 Å². The van der Waals surface area contributed by atoms with Gasteiger partial charge in [-0.25, -0.2) is 0 Å². The van der Waals surface area contributed by atoms with Gasteiger partial charge in [-0.1, -0.05) is 0 Å². The lowest BCUT2D eigenvalue weighted by molar-refractivity contribution is -0.115. The Labute approximate surface area is 145 Å². The first kappa shape index (κ1) is 16.7. The number of hydrogen-bond donors (Lipinski definition) is 1. The topological polar surface area (TPSA) is 65.4 Å². The van der Waals surface area contributed by atoms with Gasteiger partial charge in [0.1, 0.15) is 13.2 Å². The highest BCUT2D eigenvalue weighted by Gasteiger charge is 2.20. The van der Waals surface area contributed by atoms with E-state index in [-0.39, 0.29) is 11.2 Å². The molecule has 1 amide bonds. The summed E-state index contributed by atoms with van der Waals surface area (Å²) in [5.41, 5.74) is 2.55. The number of amides is 1. The second-order valence-corrected chi connectivity index (χ2v) is 7.14. The van der Waals surface area contributed by atoms with E-state index >= 15 is 0 Å². The summed E-state index contributed by atoms with van der Waals surface area (Å²) in [4.78, 5) is 13.5. The summed E-state index contributed by atoms with van der Waals surface area (Å²) in [7, 11) is 1.87. The average Bonchev–Trinajstić information content (AvgIpc) is 2.81. The number of aryl methyl sites for hydroxylation is 2. The molecule has 0 unspecified atom stereocenters. The van der Waals surface area contributed by atoms with Gasteiger partial charge in [-0.3, -0.25) is 9.48 Å². The number of thioether (sulfide) groups is 1. The van der Waals surface area contributed by atoms with Gasteiger partial charge in [-0.2, -0.15) is 5.10 Å². The summed E-state index contributed by atoms with van der Waals surface area (Å²) < 4.78 is 12.9. The van der Waals surface area contributed by atoms with E-state index in [1.807, 2.05) is 46.0 Å². The quantitative estimate of drug-likeness (QED) is 0.862. The molecule has 1 aromatic heterocycles. The standard InChI is InChI=1S/C17H21N3O3S/c1-10-16(11(2)20(4)19-10)18-17(21)12(3)24-13-5-6-14-15(9-13)23-8-7-22-14/h5-6,9,12H,7-8H2,1-4H3,(H,18,21)/t12-/m0/s1. The Morgan fingerprint density at radius 3 is 2.67 bits per heavy atom. The fourth-order valence-corrected chi connectivity index (χ4v) is 3.43. The molecule has 24 heavy (non-hydrogen) atoms. The van der Waals surface area contributed by atoms with Crippen LogP contribution in [0.25, 0.3) is 0 Å². The van der Waals surface area contributed by atoms with Gasteiger partial charge in [0.25, 0.3) is 0 Å². The summed E-state index contributed by atoms with van der Waals surface area (Å²) in [6, 6.07) is 5.75. The molecule has 0 saturated carbocycles. The fraction of sp³-hybridized carbons (Fsp3) is 0.412. The predicted octanol–water partition coefficient (Wildman–Crippen LogP) is 2.93. The van der Waals surface area contributed by atoms with Gasteiger partial charge in [0.05, 0.1) is 22.3 Å². The Morgan fingerprint density at radius 2 is 2.00 bits per heavy atom. The molecule has 1 atom stereocenters. The smallest absolute Gasteiger partial charge is 0.237 e. The van der Waals surface area contributed by atoms with E-state index < -0.39 is 0 Å². The monoisotopic (exact) mass is 347 g/mol. The lowest BCUT2D eigenvalue weighted by atomic mass is 10.3. The largest absolute Gasteiger partial charge is 0.486 e. The van der Waals surface area contributed by atoms with Gasteiger partial charge < -0.3 is 14.8 Å². The number of aromatic nitrogens is 2. The van der Waals surface area contributed by atoms with Crippen LogP contribution < -0.4 is 14.8 Å². The van der Waals surface area contributed by atoms with Crippen molar-refractivity contribution in [3.63, 3.8) is 0 Å². The zero-order chi connectivity index (χ0) is 17.3. The van der Waals surface area contributed by atoms with Crippen LogP contribution in [-0.4, -0.2) is 34.2 Å². The maximum absolute atomic E-state index is 12.5. The molecule has 0 bridgehead atoms. The summed E-state index contributed by atoms with van der Waals surface area (Å²) in [5.74, 6) is 1.44. The third-order valence-corrected chi connectivity index (χ3v) is 5.05. The molecule has 3 rings (SSSR count). The third-order valence-electron chi connectivity index (χ3n) is 3.95. The van der Waals surface area contributed by atoms with Crippen LogP contribution >= 0.6 is 11.8 Å². The number of fused-ring (bicyclic) bond motifs is 1. The van der Waals surface area contributed by atoms with Gasteiger partial charge in [0, 0.05) is 11.9 Å². The van der Waals surface area contributed by atoms with Crippen LogP contribution in [0.3, 0.4) is 0 Å². The van der Waals surface area contributed by atoms with Crippen molar-refractivity contribution in [3.8, 4) is 11.5 Å². The molecule has 1 aromatic carbocycles. The van der Waals surface area contributed by atoms with Crippen molar-refractivity contribution in [2.24, 2.45) is 7.05 Å². The van der Waals surface area contributed by atoms with Gasteiger partial charge >= 0.3 is 0 Å². The normalized spacial score (nSPS) is 14.3. The van der Waals surface area contributed by atoms with Gasteiger partial charge in [0.15, 0.2) is 11.5 Å². The first-order chi connectivity index (χ1) is 11.5. The molecule has 1 aliphatic heterocycles. The molecular formula is C17H21N3O3S. The molecule has 0 saturated heterocycles. The van der Waals surface area contributed by atoms with E-state index in [0.717, 1.165) is 33.5 Å². The van der Waals surface area contributed by atoms with E-state index in [0.29, 0.717) is 13.2 Å². The average molecular weight is 347 g/mol. The van der Waals surface area contributed by atoms with Crippen molar-refractivity contribution in [3.05, 3.63) is 29.6 Å². The van der Waals surface area contributed by atoms with Crippen molar-refractivity contribution in [1.29, 1.82) is 0 Å². The van der Waals surface area contributed by atoms with Gasteiger partial charge in [-0.05, 0) is 39.0 Å². The number of rotatable bonds is 4. The maximum atomic E-state index is 12.5. The molecule has 2 aromatic rings. The molecule has 0 spiro atoms. The van der Waals surface area contributed by atoms with E-state index in [9.17, 15) is 4.79 Å². The summed E-state index contributed by atoms with van der Waals surface area (Å²) in [6.45, 7) is 6.84. The Hall–Kier alpha value is -2.15. The molecule has 0 fully saturated rings. The zero-order valence-corrected chi connectivity index (χ0v) is 15.1. The molecule has 2 heterocycles. The Kier molecular flexibility index (Phi) is 4.71.